The molecule has 0 atom stereocenters. The Balaban J connectivity index is 2.41. The fourth-order valence-corrected chi connectivity index (χ4v) is 2.03. The standard InChI is InChI=1S/C12H16N4O3/c1-2-14(7-8-17)9-10-12(16(18)19)15-6-4-3-5-11(15)13-10/h3-6,17H,2,7-9H2,1H3. The molecule has 0 saturated carbocycles. The van der Waals surface area contributed by atoms with Gasteiger partial charge in [-0.05, 0) is 17.5 Å². The van der Waals surface area contributed by atoms with Gasteiger partial charge >= 0.3 is 5.82 Å². The lowest BCUT2D eigenvalue weighted by atomic mass is 10.3. The first kappa shape index (κ1) is 13.4. The summed E-state index contributed by atoms with van der Waals surface area (Å²) in [7, 11) is 0. The van der Waals surface area contributed by atoms with E-state index in [9.17, 15) is 10.1 Å². The van der Waals surface area contributed by atoms with Gasteiger partial charge in [-0.3, -0.25) is 4.90 Å². The molecule has 19 heavy (non-hydrogen) atoms. The summed E-state index contributed by atoms with van der Waals surface area (Å²) in [6.07, 6.45) is 1.63. The lowest BCUT2D eigenvalue weighted by Gasteiger charge is -2.17. The molecule has 0 saturated heterocycles. The highest BCUT2D eigenvalue weighted by atomic mass is 16.6. The number of aliphatic hydroxyl groups excluding tert-OH is 1. The first-order chi connectivity index (χ1) is 9.17. The van der Waals surface area contributed by atoms with Crippen LogP contribution in [0.5, 0.6) is 0 Å². The summed E-state index contributed by atoms with van der Waals surface area (Å²) in [5, 5.41) is 20.2. The third-order valence-corrected chi connectivity index (χ3v) is 2.98. The van der Waals surface area contributed by atoms with E-state index in [0.29, 0.717) is 31.0 Å². The van der Waals surface area contributed by atoms with Crippen LogP contribution >= 0.6 is 0 Å². The number of nitro groups is 1. The average Bonchev–Trinajstić information content (AvgIpc) is 2.76. The Morgan fingerprint density at radius 2 is 2.32 bits per heavy atom. The largest absolute Gasteiger partial charge is 0.395 e. The summed E-state index contributed by atoms with van der Waals surface area (Å²) in [4.78, 5) is 17.0. The van der Waals surface area contributed by atoms with Crippen LogP contribution in [-0.2, 0) is 6.54 Å². The number of aromatic nitrogens is 2. The third kappa shape index (κ3) is 2.72. The molecule has 0 fully saturated rings. The van der Waals surface area contributed by atoms with Gasteiger partial charge in [0.2, 0.25) is 5.65 Å². The van der Waals surface area contributed by atoms with E-state index in [1.54, 1.807) is 24.4 Å². The van der Waals surface area contributed by atoms with E-state index in [1.165, 1.54) is 4.40 Å². The van der Waals surface area contributed by atoms with Gasteiger partial charge in [0, 0.05) is 19.2 Å². The van der Waals surface area contributed by atoms with Crippen molar-refractivity contribution in [2.75, 3.05) is 19.7 Å². The number of likely N-dealkylation sites (N-methyl/N-ethyl adjacent to an activating group) is 1. The average molecular weight is 264 g/mol. The van der Waals surface area contributed by atoms with Gasteiger partial charge in [0.05, 0.1) is 12.8 Å². The van der Waals surface area contributed by atoms with Gasteiger partial charge in [-0.1, -0.05) is 13.0 Å². The van der Waals surface area contributed by atoms with Crippen LogP contribution < -0.4 is 0 Å². The zero-order chi connectivity index (χ0) is 13.8. The first-order valence-corrected chi connectivity index (χ1v) is 6.11. The number of hydrogen-bond donors (Lipinski definition) is 1. The lowest BCUT2D eigenvalue weighted by Crippen LogP contribution is -2.26. The van der Waals surface area contributed by atoms with Gasteiger partial charge in [0.25, 0.3) is 0 Å². The molecule has 0 aliphatic heterocycles. The second-order valence-electron chi connectivity index (χ2n) is 4.16. The molecule has 0 aliphatic rings. The predicted octanol–water partition coefficient (Wildman–Crippen LogP) is 1.06. The molecule has 0 bridgehead atoms. The summed E-state index contributed by atoms with van der Waals surface area (Å²) in [6, 6.07) is 5.26. The van der Waals surface area contributed by atoms with Gasteiger partial charge in [0.15, 0.2) is 5.69 Å². The van der Waals surface area contributed by atoms with E-state index in [2.05, 4.69) is 4.98 Å². The summed E-state index contributed by atoms with van der Waals surface area (Å²) in [5.41, 5.74) is 0.982. The molecule has 7 heteroatoms. The summed E-state index contributed by atoms with van der Waals surface area (Å²) in [6.45, 7) is 3.49. The number of imidazole rings is 1. The van der Waals surface area contributed by atoms with Crippen LogP contribution in [0.15, 0.2) is 24.4 Å². The smallest absolute Gasteiger partial charge is 0.352 e. The fourth-order valence-electron chi connectivity index (χ4n) is 2.03. The minimum Gasteiger partial charge on any atom is -0.395 e. The number of pyridine rings is 1. The van der Waals surface area contributed by atoms with E-state index in [1.807, 2.05) is 11.8 Å². The summed E-state index contributed by atoms with van der Waals surface area (Å²) < 4.78 is 1.47. The van der Waals surface area contributed by atoms with E-state index in [-0.39, 0.29) is 12.4 Å². The topological polar surface area (TPSA) is 83.9 Å². The van der Waals surface area contributed by atoms with Crippen molar-refractivity contribution in [3.8, 4) is 0 Å². The number of hydrogen-bond acceptors (Lipinski definition) is 5. The normalized spacial score (nSPS) is 11.3. The molecule has 0 aromatic carbocycles. The number of fused-ring (bicyclic) bond motifs is 1. The van der Waals surface area contributed by atoms with Crippen LogP contribution in [0.1, 0.15) is 12.6 Å². The van der Waals surface area contributed by atoms with Crippen molar-refractivity contribution in [1.82, 2.24) is 14.3 Å². The van der Waals surface area contributed by atoms with Crippen LogP contribution in [0.2, 0.25) is 0 Å². The van der Waals surface area contributed by atoms with Crippen molar-refractivity contribution in [2.24, 2.45) is 0 Å². The Kier molecular flexibility index (Phi) is 4.08. The van der Waals surface area contributed by atoms with Gasteiger partial charge < -0.3 is 15.2 Å². The highest BCUT2D eigenvalue weighted by Crippen LogP contribution is 2.21. The molecule has 0 amide bonds. The van der Waals surface area contributed by atoms with Crippen LogP contribution in [0.25, 0.3) is 5.65 Å². The number of aliphatic hydroxyl groups is 1. The molecule has 7 nitrogen and oxygen atoms in total. The maximum absolute atomic E-state index is 11.2. The zero-order valence-corrected chi connectivity index (χ0v) is 10.7. The molecule has 2 rings (SSSR count). The molecule has 2 heterocycles. The van der Waals surface area contributed by atoms with Crippen LogP contribution in [0.3, 0.4) is 0 Å². The van der Waals surface area contributed by atoms with Crippen molar-refractivity contribution >= 4 is 11.5 Å². The van der Waals surface area contributed by atoms with Crippen molar-refractivity contribution in [2.45, 2.75) is 13.5 Å². The molecule has 2 aromatic heterocycles. The Bertz CT molecular complexity index is 581. The van der Waals surface area contributed by atoms with Gasteiger partial charge in [-0.2, -0.15) is 4.40 Å². The molecule has 0 unspecified atom stereocenters. The molecule has 2 aromatic rings. The minimum absolute atomic E-state index is 0.00742. The van der Waals surface area contributed by atoms with E-state index >= 15 is 0 Å². The van der Waals surface area contributed by atoms with Crippen molar-refractivity contribution in [3.05, 3.63) is 40.2 Å². The molecular formula is C12H16N4O3. The second kappa shape index (κ2) is 5.77. The van der Waals surface area contributed by atoms with Gasteiger partial charge in [0.1, 0.15) is 0 Å². The van der Waals surface area contributed by atoms with E-state index in [4.69, 9.17) is 5.11 Å². The predicted molar refractivity (Wildman–Crippen MR) is 69.9 cm³/mol. The SMILES string of the molecule is CCN(CCO)Cc1nc2ccccn2c1[N+](=O)[O-]. The highest BCUT2D eigenvalue weighted by Gasteiger charge is 2.23. The summed E-state index contributed by atoms with van der Waals surface area (Å²) in [5.74, 6) is -0.00742. The van der Waals surface area contributed by atoms with Crippen LogP contribution in [-0.4, -0.2) is 44.0 Å². The second-order valence-corrected chi connectivity index (χ2v) is 4.16. The van der Waals surface area contributed by atoms with Crippen molar-refractivity contribution in [3.63, 3.8) is 0 Å². The maximum atomic E-state index is 11.2. The fraction of sp³-hybridized carbons (Fsp3) is 0.417. The quantitative estimate of drug-likeness (QED) is 0.623. The summed E-state index contributed by atoms with van der Waals surface area (Å²) >= 11 is 0. The monoisotopic (exact) mass is 264 g/mol. The van der Waals surface area contributed by atoms with E-state index < -0.39 is 4.92 Å². The molecule has 0 radical (unpaired) electrons. The lowest BCUT2D eigenvalue weighted by molar-refractivity contribution is -0.391. The van der Waals surface area contributed by atoms with Crippen LogP contribution in [0, 0.1) is 10.1 Å². The third-order valence-electron chi connectivity index (χ3n) is 2.98. The Morgan fingerprint density at radius 3 is 2.95 bits per heavy atom. The molecule has 0 spiro atoms. The maximum Gasteiger partial charge on any atom is 0.352 e. The number of rotatable bonds is 6. The van der Waals surface area contributed by atoms with Gasteiger partial charge in [-0.25, -0.2) is 4.98 Å². The highest BCUT2D eigenvalue weighted by molar-refractivity contribution is 5.48. The molecule has 102 valence electrons. The van der Waals surface area contributed by atoms with Crippen molar-refractivity contribution in [1.29, 1.82) is 0 Å². The van der Waals surface area contributed by atoms with Gasteiger partial charge in [-0.15, -0.1) is 0 Å². The van der Waals surface area contributed by atoms with Crippen molar-refractivity contribution < 1.29 is 10.0 Å². The molecule has 1 N–H and O–H groups in total. The first-order valence-electron chi connectivity index (χ1n) is 6.11. The molecule has 0 aliphatic carbocycles. The van der Waals surface area contributed by atoms with Crippen LogP contribution in [0.4, 0.5) is 5.82 Å². The number of nitrogens with zero attached hydrogens (tertiary/aromatic N) is 4. The van der Waals surface area contributed by atoms with E-state index in [0.717, 1.165) is 0 Å². The zero-order valence-electron chi connectivity index (χ0n) is 10.7. The Labute approximate surface area is 110 Å². The minimum atomic E-state index is -0.415. The Morgan fingerprint density at radius 1 is 1.53 bits per heavy atom. The molecular weight excluding hydrogens is 248 g/mol. The Hall–Kier alpha value is -1.99.